The molecule has 0 aromatic carbocycles. The maximum Gasteiger partial charge on any atom is 0.157 e. The molecule has 0 spiro atoms. The first-order valence-corrected chi connectivity index (χ1v) is 14.1. The quantitative estimate of drug-likeness (QED) is 0.601. The lowest BCUT2D eigenvalue weighted by molar-refractivity contribution is -0.215. The molecule has 36 heavy (non-hydrogen) atoms. The number of carbonyl (C=O) groups is 1. The minimum Gasteiger partial charge on any atom is -0.390 e. The lowest BCUT2D eigenvalue weighted by atomic mass is 9.39. The number of aliphatic hydroxyl groups is 1. The molecule has 196 valence electrons. The summed E-state index contributed by atoms with van der Waals surface area (Å²) in [4.78, 5) is 17.9. The fourth-order valence-corrected chi connectivity index (χ4v) is 10.1. The van der Waals surface area contributed by atoms with Gasteiger partial charge in [-0.25, -0.2) is 0 Å². The van der Waals surface area contributed by atoms with Crippen LogP contribution in [0.5, 0.6) is 0 Å². The number of fused-ring (bicyclic) bond motifs is 6. The molecule has 0 radical (unpaired) electrons. The highest BCUT2D eigenvalue weighted by atomic mass is 16.5. The van der Waals surface area contributed by atoms with E-state index in [0.717, 1.165) is 62.5 Å². The smallest absolute Gasteiger partial charge is 0.157 e. The van der Waals surface area contributed by atoms with Gasteiger partial charge in [-0.05, 0) is 99.4 Å². The molecule has 6 nitrogen and oxygen atoms in total. The van der Waals surface area contributed by atoms with Crippen molar-refractivity contribution in [3.8, 4) is 0 Å². The van der Waals surface area contributed by atoms with Gasteiger partial charge in [-0.2, -0.15) is 5.10 Å². The van der Waals surface area contributed by atoms with Gasteiger partial charge in [-0.3, -0.25) is 14.5 Å². The second-order valence-electron chi connectivity index (χ2n) is 13.6. The fourth-order valence-electron chi connectivity index (χ4n) is 10.1. The summed E-state index contributed by atoms with van der Waals surface area (Å²) in [5.74, 6) is 2.36. The van der Waals surface area contributed by atoms with E-state index in [-0.39, 0.29) is 22.2 Å². The van der Waals surface area contributed by atoms with Crippen LogP contribution in [-0.2, 0) is 16.1 Å². The fraction of sp³-hybridized carbons (Fsp3) is 0.767. The van der Waals surface area contributed by atoms with Crippen LogP contribution in [-0.4, -0.2) is 45.0 Å². The first-order chi connectivity index (χ1) is 17.1. The van der Waals surface area contributed by atoms with Crippen LogP contribution in [0.1, 0.15) is 78.6 Å². The van der Waals surface area contributed by atoms with E-state index in [1.165, 1.54) is 12.8 Å². The van der Waals surface area contributed by atoms with Gasteiger partial charge in [-0.1, -0.05) is 13.8 Å². The number of methoxy groups -OCH3 is 1. The zero-order chi connectivity index (χ0) is 25.3. The van der Waals surface area contributed by atoms with Gasteiger partial charge < -0.3 is 9.84 Å². The molecule has 6 rings (SSSR count). The van der Waals surface area contributed by atoms with Gasteiger partial charge in [0.25, 0.3) is 0 Å². The lowest BCUT2D eigenvalue weighted by Gasteiger charge is -2.67. The Morgan fingerprint density at radius 2 is 1.94 bits per heavy atom. The number of pyridine rings is 1. The molecule has 8 atom stereocenters. The third-order valence-corrected chi connectivity index (χ3v) is 11.7. The molecule has 0 bridgehead atoms. The van der Waals surface area contributed by atoms with E-state index in [4.69, 9.17) is 4.74 Å². The first kappa shape index (κ1) is 24.5. The Hall–Kier alpha value is -1.79. The number of aromatic nitrogens is 3. The predicted octanol–water partition coefficient (Wildman–Crippen LogP) is 5.43. The van der Waals surface area contributed by atoms with Crippen LogP contribution in [0.2, 0.25) is 0 Å². The van der Waals surface area contributed by atoms with Crippen LogP contribution in [0.15, 0.2) is 24.7 Å². The molecule has 4 fully saturated rings. The molecule has 2 aromatic heterocycles. The number of ketones is 1. The van der Waals surface area contributed by atoms with Gasteiger partial charge in [0.05, 0.1) is 24.9 Å². The van der Waals surface area contributed by atoms with Crippen LogP contribution in [0, 0.1) is 39.9 Å². The molecular weight excluding hydrogens is 450 g/mol. The number of rotatable bonds is 5. The van der Waals surface area contributed by atoms with Crippen LogP contribution in [0.4, 0.5) is 0 Å². The Morgan fingerprint density at radius 1 is 1.11 bits per heavy atom. The second-order valence-corrected chi connectivity index (χ2v) is 13.6. The topological polar surface area (TPSA) is 77.2 Å². The third-order valence-electron chi connectivity index (χ3n) is 11.7. The number of hydrogen-bond acceptors (Lipinski definition) is 5. The number of ether oxygens (including phenoxy) is 1. The van der Waals surface area contributed by atoms with Crippen molar-refractivity contribution in [1.82, 2.24) is 14.8 Å². The third kappa shape index (κ3) is 3.53. The molecule has 0 amide bonds. The van der Waals surface area contributed by atoms with E-state index in [1.54, 1.807) is 12.4 Å². The minimum absolute atomic E-state index is 0.0779. The highest BCUT2D eigenvalue weighted by Crippen LogP contribution is 2.71. The highest BCUT2D eigenvalue weighted by molar-refractivity contribution is 5.83. The summed E-state index contributed by atoms with van der Waals surface area (Å²) in [6, 6.07) is 1.95. The van der Waals surface area contributed by atoms with Crippen LogP contribution in [0.25, 0.3) is 10.9 Å². The maximum atomic E-state index is 13.7. The van der Waals surface area contributed by atoms with Crippen molar-refractivity contribution in [1.29, 1.82) is 0 Å². The maximum absolute atomic E-state index is 13.7. The van der Waals surface area contributed by atoms with E-state index in [0.29, 0.717) is 30.1 Å². The van der Waals surface area contributed by atoms with Crippen molar-refractivity contribution >= 4 is 16.7 Å². The van der Waals surface area contributed by atoms with E-state index < -0.39 is 5.60 Å². The Morgan fingerprint density at radius 3 is 2.72 bits per heavy atom. The largest absolute Gasteiger partial charge is 0.390 e. The van der Waals surface area contributed by atoms with Gasteiger partial charge in [0.1, 0.15) is 5.52 Å². The van der Waals surface area contributed by atoms with Crippen molar-refractivity contribution < 1.29 is 14.6 Å². The molecule has 1 N–H and O–H groups in total. The van der Waals surface area contributed by atoms with Gasteiger partial charge in [0, 0.05) is 36.2 Å². The molecule has 4 aliphatic rings. The average Bonchev–Trinajstić information content (AvgIpc) is 3.39. The van der Waals surface area contributed by atoms with E-state index in [1.807, 2.05) is 31.0 Å². The SMILES string of the molecule is COC[C@]12CC[C@@](C)(O)C[C@]1(C)CC[C@H]1[C@@H]3CC[C@H](C(=O)Cn4cc5ccncc5n4)[C@@]3(C)CC[C@@H]12. The molecule has 6 heteroatoms. The predicted molar refractivity (Wildman–Crippen MR) is 139 cm³/mol. The Balaban J connectivity index is 1.25. The van der Waals surface area contributed by atoms with Crippen molar-refractivity contribution in [3.63, 3.8) is 0 Å². The Labute approximate surface area is 215 Å². The molecule has 2 heterocycles. The van der Waals surface area contributed by atoms with Gasteiger partial charge in [0.15, 0.2) is 5.78 Å². The second kappa shape index (κ2) is 8.36. The standard InChI is InChI=1S/C30H43N3O3/c1-27-10-7-21-22-5-6-24(26(34)17-33-16-20-9-14-31-15-25(20)32-33)29(22,3)11-8-23(21)30(27,19-36-4)13-12-28(2,35)18-27/h9,14-16,21-24,35H,5-8,10-13,17-19H2,1-4H3/t21-,22-,23-,24+,27-,28+,29-,30-/m0/s1. The van der Waals surface area contributed by atoms with Crippen LogP contribution >= 0.6 is 0 Å². The van der Waals surface area contributed by atoms with E-state index >= 15 is 0 Å². The molecule has 0 saturated heterocycles. The summed E-state index contributed by atoms with van der Waals surface area (Å²) in [5.41, 5.74) is 0.611. The number of hydrogen-bond donors (Lipinski definition) is 1. The normalized spacial score (nSPS) is 44.1. The summed E-state index contributed by atoms with van der Waals surface area (Å²) in [6.45, 7) is 8.06. The number of Topliss-reactive ketones (excluding diaryl/α,β-unsaturated/α-hetero) is 1. The number of nitrogens with zero attached hydrogens (tertiary/aromatic N) is 3. The summed E-state index contributed by atoms with van der Waals surface area (Å²) in [5, 5.41) is 16.7. The summed E-state index contributed by atoms with van der Waals surface area (Å²) < 4.78 is 7.79. The monoisotopic (exact) mass is 493 g/mol. The molecule has 4 saturated carbocycles. The Kier molecular flexibility index (Phi) is 5.70. The molecule has 4 aliphatic carbocycles. The lowest BCUT2D eigenvalue weighted by Crippen LogP contribution is -2.62. The van der Waals surface area contributed by atoms with Gasteiger partial charge >= 0.3 is 0 Å². The zero-order valence-electron chi connectivity index (χ0n) is 22.5. The molecule has 2 aromatic rings. The van der Waals surface area contributed by atoms with E-state index in [9.17, 15) is 9.90 Å². The van der Waals surface area contributed by atoms with Crippen molar-refractivity contribution in [2.24, 2.45) is 39.9 Å². The van der Waals surface area contributed by atoms with Crippen LogP contribution < -0.4 is 0 Å². The van der Waals surface area contributed by atoms with Gasteiger partial charge in [-0.15, -0.1) is 0 Å². The van der Waals surface area contributed by atoms with Crippen molar-refractivity contribution in [3.05, 3.63) is 24.7 Å². The van der Waals surface area contributed by atoms with E-state index in [2.05, 4.69) is 23.9 Å². The van der Waals surface area contributed by atoms with Gasteiger partial charge in [0.2, 0.25) is 0 Å². The molecular formula is C30H43N3O3. The number of carbonyl (C=O) groups excluding carboxylic acids is 1. The first-order valence-electron chi connectivity index (χ1n) is 14.1. The Bertz CT molecular complexity index is 1130. The summed E-state index contributed by atoms with van der Waals surface area (Å²) in [6.07, 6.45) is 15.2. The van der Waals surface area contributed by atoms with Crippen molar-refractivity contribution in [2.45, 2.75) is 90.7 Å². The van der Waals surface area contributed by atoms with Crippen molar-refractivity contribution in [2.75, 3.05) is 13.7 Å². The zero-order valence-corrected chi connectivity index (χ0v) is 22.5. The summed E-state index contributed by atoms with van der Waals surface area (Å²) >= 11 is 0. The molecule has 0 unspecified atom stereocenters. The highest BCUT2D eigenvalue weighted by Gasteiger charge is 2.66. The average molecular weight is 494 g/mol. The minimum atomic E-state index is -0.569. The molecule has 0 aliphatic heterocycles. The summed E-state index contributed by atoms with van der Waals surface area (Å²) in [7, 11) is 1.86. The van der Waals surface area contributed by atoms with Crippen LogP contribution in [0.3, 0.4) is 0 Å².